The maximum absolute atomic E-state index is 13.8. The summed E-state index contributed by atoms with van der Waals surface area (Å²) in [5, 5.41) is 0. The van der Waals surface area contributed by atoms with Crippen LogP contribution in [0.25, 0.3) is 0 Å². The number of carbonyl (C=O) groups excluding carboxylic acids is 1. The Morgan fingerprint density at radius 1 is 0.909 bits per heavy atom. The number of esters is 1. The summed E-state index contributed by atoms with van der Waals surface area (Å²) in [7, 11) is 1.70. The minimum absolute atomic E-state index is 0.00541. The lowest BCUT2D eigenvalue weighted by atomic mass is 9.67. The highest BCUT2D eigenvalue weighted by atomic mass is 16.5. The van der Waals surface area contributed by atoms with Gasteiger partial charge in [-0.15, -0.1) is 0 Å². The van der Waals surface area contributed by atoms with Gasteiger partial charge in [-0.05, 0) is 84.7 Å². The summed E-state index contributed by atoms with van der Waals surface area (Å²) in [6.07, 6.45) is 2.63. The zero-order chi connectivity index (χ0) is 24.9. The second-order valence-electron chi connectivity index (χ2n) is 11.1. The summed E-state index contributed by atoms with van der Waals surface area (Å²) >= 11 is 0. The van der Waals surface area contributed by atoms with Crippen LogP contribution in [0.4, 0.5) is 0 Å². The quantitative estimate of drug-likeness (QED) is 0.322. The predicted molar refractivity (Wildman–Crippen MR) is 137 cm³/mol. The molecule has 180 valence electrons. The van der Waals surface area contributed by atoms with E-state index in [0.717, 1.165) is 46.6 Å². The third-order valence-corrected chi connectivity index (χ3v) is 8.40. The maximum Gasteiger partial charge on any atom is 0.326 e. The fraction of sp³-hybridized carbons (Fsp3) is 0.567. The highest BCUT2D eigenvalue weighted by Gasteiger charge is 2.52. The van der Waals surface area contributed by atoms with Crippen LogP contribution in [-0.4, -0.2) is 13.1 Å². The Labute approximate surface area is 200 Å². The van der Waals surface area contributed by atoms with Gasteiger partial charge in [-0.25, -0.2) is 0 Å². The van der Waals surface area contributed by atoms with Crippen LogP contribution >= 0.6 is 0 Å². The van der Waals surface area contributed by atoms with Gasteiger partial charge < -0.3 is 9.47 Å². The Hall–Kier alpha value is -2.29. The van der Waals surface area contributed by atoms with E-state index < -0.39 is 5.41 Å². The molecule has 1 aliphatic heterocycles. The van der Waals surface area contributed by atoms with E-state index in [1.54, 1.807) is 7.11 Å². The molecule has 0 amide bonds. The van der Waals surface area contributed by atoms with Crippen molar-refractivity contribution < 1.29 is 14.3 Å². The number of rotatable bonds is 7. The topological polar surface area (TPSA) is 35.5 Å². The lowest BCUT2D eigenvalue weighted by molar-refractivity contribution is -0.137. The number of aryl methyl sites for hydroxylation is 2. The second-order valence-corrected chi connectivity index (χ2v) is 11.1. The van der Waals surface area contributed by atoms with Crippen LogP contribution in [-0.2, 0) is 21.0 Å². The molecule has 3 nitrogen and oxygen atoms in total. The van der Waals surface area contributed by atoms with E-state index in [4.69, 9.17) is 9.47 Å². The molecule has 3 rings (SSSR count). The summed E-state index contributed by atoms with van der Waals surface area (Å²) in [6, 6.07) is 6.51. The van der Waals surface area contributed by atoms with Gasteiger partial charge in [0.15, 0.2) is 0 Å². The molecule has 0 fully saturated rings. The molecule has 1 atom stereocenters. The number of fused-ring (bicyclic) bond motifs is 1. The Balaban J connectivity index is 2.47. The molecule has 0 saturated heterocycles. The molecule has 3 heteroatoms. The minimum Gasteiger partial charge on any atom is -0.496 e. The number of hydrogen-bond acceptors (Lipinski definition) is 3. The summed E-state index contributed by atoms with van der Waals surface area (Å²) in [4.78, 5) is 13.8. The second kappa shape index (κ2) is 8.49. The number of benzene rings is 2. The van der Waals surface area contributed by atoms with Gasteiger partial charge in [0.05, 0.1) is 7.11 Å². The van der Waals surface area contributed by atoms with Crippen molar-refractivity contribution in [1.82, 2.24) is 0 Å². The molecule has 33 heavy (non-hydrogen) atoms. The first-order valence-electron chi connectivity index (χ1n) is 12.4. The highest BCUT2D eigenvalue weighted by molar-refractivity contribution is 5.95. The normalized spacial score (nSPS) is 18.3. The first-order valence-corrected chi connectivity index (χ1v) is 12.4. The van der Waals surface area contributed by atoms with Gasteiger partial charge in [0.2, 0.25) is 0 Å². The molecular weight excluding hydrogens is 408 g/mol. The molecule has 1 heterocycles. The smallest absolute Gasteiger partial charge is 0.326 e. The molecular formula is C30H42O3. The maximum atomic E-state index is 13.8. The van der Waals surface area contributed by atoms with E-state index in [1.165, 1.54) is 16.7 Å². The molecule has 0 aromatic heterocycles. The predicted octanol–water partition coefficient (Wildman–Crippen LogP) is 7.61. The van der Waals surface area contributed by atoms with E-state index in [-0.39, 0.29) is 16.8 Å². The zero-order valence-corrected chi connectivity index (χ0v) is 22.6. The highest BCUT2D eigenvalue weighted by Crippen LogP contribution is 2.54. The van der Waals surface area contributed by atoms with Gasteiger partial charge >= 0.3 is 5.97 Å². The third-order valence-electron chi connectivity index (χ3n) is 8.40. The summed E-state index contributed by atoms with van der Waals surface area (Å²) in [5.41, 5.74) is 6.93. The first kappa shape index (κ1) is 25.3. The zero-order valence-electron chi connectivity index (χ0n) is 22.6. The molecule has 0 N–H and O–H groups in total. The van der Waals surface area contributed by atoms with E-state index in [0.29, 0.717) is 6.42 Å². The lowest BCUT2D eigenvalue weighted by Gasteiger charge is -2.34. The number of ether oxygens (including phenoxy) is 2. The Morgan fingerprint density at radius 2 is 1.45 bits per heavy atom. The van der Waals surface area contributed by atoms with Crippen LogP contribution in [0.3, 0.4) is 0 Å². The van der Waals surface area contributed by atoms with E-state index >= 15 is 0 Å². The average Bonchev–Trinajstić information content (AvgIpc) is 3.03. The number of hydrogen-bond donors (Lipinski definition) is 0. The van der Waals surface area contributed by atoms with Crippen LogP contribution in [0.15, 0.2) is 18.2 Å². The Morgan fingerprint density at radius 3 is 1.91 bits per heavy atom. The van der Waals surface area contributed by atoms with Crippen LogP contribution in [0, 0.1) is 20.8 Å². The average molecular weight is 451 g/mol. The van der Waals surface area contributed by atoms with Crippen molar-refractivity contribution in [2.75, 3.05) is 7.11 Å². The van der Waals surface area contributed by atoms with Crippen LogP contribution in [0.2, 0.25) is 0 Å². The monoisotopic (exact) mass is 450 g/mol. The van der Waals surface area contributed by atoms with Crippen molar-refractivity contribution in [2.45, 2.75) is 105 Å². The molecule has 0 aliphatic carbocycles. The molecule has 0 spiro atoms. The lowest BCUT2D eigenvalue weighted by Crippen LogP contribution is -2.35. The summed E-state index contributed by atoms with van der Waals surface area (Å²) < 4.78 is 11.8. The molecule has 0 bridgehead atoms. The van der Waals surface area contributed by atoms with Crippen molar-refractivity contribution in [2.24, 2.45) is 0 Å². The summed E-state index contributed by atoms with van der Waals surface area (Å²) in [5.74, 6) is 1.50. The SMILES string of the molecule is CCC(C)(C)c1cc2c(c(C(C)(C)CC)c1C)OC(=O)C2(CC)c1cc(C)c(OC)c(C)c1. The molecule has 1 aliphatic rings. The fourth-order valence-electron chi connectivity index (χ4n) is 5.69. The van der Waals surface area contributed by atoms with Crippen LogP contribution in [0.1, 0.15) is 107 Å². The largest absolute Gasteiger partial charge is 0.496 e. The number of carbonyl (C=O) groups is 1. The van der Waals surface area contributed by atoms with Gasteiger partial charge in [-0.3, -0.25) is 4.79 Å². The van der Waals surface area contributed by atoms with Crippen LogP contribution in [0.5, 0.6) is 11.5 Å². The third kappa shape index (κ3) is 3.68. The van der Waals surface area contributed by atoms with Gasteiger partial charge in [0, 0.05) is 11.1 Å². The summed E-state index contributed by atoms with van der Waals surface area (Å²) in [6.45, 7) is 22.0. The standard InChI is InChI=1S/C30H42O3/c1-12-28(7,8)22-17-23-26(24(20(22)6)29(9,10)13-2)33-27(31)30(23,14-3)21-15-18(4)25(32-11)19(5)16-21/h15-17H,12-14H2,1-11H3. The van der Waals surface area contributed by atoms with Gasteiger partial charge in [-0.2, -0.15) is 0 Å². The van der Waals surface area contributed by atoms with Gasteiger partial charge in [0.1, 0.15) is 16.9 Å². The van der Waals surface area contributed by atoms with Crippen molar-refractivity contribution >= 4 is 5.97 Å². The Kier molecular flexibility index (Phi) is 6.52. The molecule has 1 unspecified atom stereocenters. The van der Waals surface area contributed by atoms with Crippen molar-refractivity contribution in [1.29, 1.82) is 0 Å². The molecule has 0 saturated carbocycles. The first-order chi connectivity index (χ1) is 15.3. The van der Waals surface area contributed by atoms with E-state index in [2.05, 4.69) is 73.6 Å². The van der Waals surface area contributed by atoms with Gasteiger partial charge in [0.25, 0.3) is 0 Å². The van der Waals surface area contributed by atoms with Crippen molar-refractivity contribution in [3.63, 3.8) is 0 Å². The van der Waals surface area contributed by atoms with Gasteiger partial charge in [-0.1, -0.05) is 60.6 Å². The Bertz CT molecular complexity index is 1070. The van der Waals surface area contributed by atoms with E-state index in [9.17, 15) is 4.79 Å². The van der Waals surface area contributed by atoms with E-state index in [1.807, 2.05) is 13.8 Å². The van der Waals surface area contributed by atoms with Crippen LogP contribution < -0.4 is 9.47 Å². The molecule has 2 aromatic rings. The van der Waals surface area contributed by atoms with Crippen molar-refractivity contribution in [3.8, 4) is 11.5 Å². The van der Waals surface area contributed by atoms with Crippen molar-refractivity contribution in [3.05, 3.63) is 57.1 Å². The molecule has 0 radical (unpaired) electrons. The molecule has 2 aromatic carbocycles. The fourth-order valence-corrected chi connectivity index (χ4v) is 5.69. The number of methoxy groups -OCH3 is 1. The minimum atomic E-state index is -0.817.